The predicted molar refractivity (Wildman–Crippen MR) is 89.4 cm³/mol. The summed E-state index contributed by atoms with van der Waals surface area (Å²) in [6, 6.07) is 4.23. The highest BCUT2D eigenvalue weighted by molar-refractivity contribution is 7.98. The highest BCUT2D eigenvalue weighted by Gasteiger charge is 2.50. The number of fused-ring (bicyclic) bond motifs is 5. The van der Waals surface area contributed by atoms with E-state index in [1.807, 2.05) is 12.3 Å². The Morgan fingerprint density at radius 1 is 1.18 bits per heavy atom. The van der Waals surface area contributed by atoms with Crippen LogP contribution in [-0.4, -0.2) is 17.1 Å². The number of carbonyl (C=O) groups is 1. The smallest absolute Gasteiger partial charge is 0.136 e. The Labute approximate surface area is 136 Å². The molecule has 0 aromatic heterocycles. The molecule has 118 valence electrons. The van der Waals surface area contributed by atoms with Crippen molar-refractivity contribution < 1.29 is 9.90 Å². The summed E-state index contributed by atoms with van der Waals surface area (Å²) in [4.78, 5) is 13.2. The van der Waals surface area contributed by atoms with Crippen molar-refractivity contribution in [3.8, 4) is 5.75 Å². The van der Waals surface area contributed by atoms with Gasteiger partial charge in [0, 0.05) is 17.2 Å². The van der Waals surface area contributed by atoms with E-state index < -0.39 is 0 Å². The van der Waals surface area contributed by atoms with Gasteiger partial charge in [-0.15, -0.1) is 11.8 Å². The maximum atomic E-state index is 12.2. The van der Waals surface area contributed by atoms with E-state index in [0.717, 1.165) is 30.6 Å². The van der Waals surface area contributed by atoms with Crippen LogP contribution in [0.3, 0.4) is 0 Å². The fraction of sp³-hybridized carbons (Fsp3) is 0.632. The van der Waals surface area contributed by atoms with Crippen molar-refractivity contribution in [2.24, 2.45) is 23.7 Å². The van der Waals surface area contributed by atoms with Gasteiger partial charge in [-0.2, -0.15) is 0 Å². The Balaban J connectivity index is 1.75. The minimum atomic E-state index is 0.333. The molecule has 3 heteroatoms. The van der Waals surface area contributed by atoms with Crippen molar-refractivity contribution >= 4 is 17.5 Å². The molecule has 0 bridgehead atoms. The second-order valence-corrected chi connectivity index (χ2v) is 8.29. The second-order valence-electron chi connectivity index (χ2n) is 7.44. The van der Waals surface area contributed by atoms with Gasteiger partial charge in [-0.1, -0.05) is 6.92 Å². The zero-order valence-electron chi connectivity index (χ0n) is 13.3. The van der Waals surface area contributed by atoms with Gasteiger partial charge in [0.1, 0.15) is 11.5 Å². The van der Waals surface area contributed by atoms with Crippen LogP contribution in [0.5, 0.6) is 5.75 Å². The summed E-state index contributed by atoms with van der Waals surface area (Å²) in [5.41, 5.74) is 2.80. The van der Waals surface area contributed by atoms with E-state index in [1.165, 1.54) is 17.5 Å². The number of thioether (sulfide) groups is 1. The number of benzene rings is 1. The maximum Gasteiger partial charge on any atom is 0.136 e. The number of rotatable bonds is 1. The van der Waals surface area contributed by atoms with Gasteiger partial charge in [0.25, 0.3) is 0 Å². The molecule has 22 heavy (non-hydrogen) atoms. The molecular formula is C19H24O2S. The molecule has 0 amide bonds. The lowest BCUT2D eigenvalue weighted by Gasteiger charge is -2.46. The van der Waals surface area contributed by atoms with Gasteiger partial charge in [-0.3, -0.25) is 4.79 Å². The SMILES string of the molecule is CSc1cc2c(cc1O)CCC1C2C[C@@H](C)C2C(=O)CCC12. The lowest BCUT2D eigenvalue weighted by molar-refractivity contribution is -0.124. The maximum absolute atomic E-state index is 12.2. The summed E-state index contributed by atoms with van der Waals surface area (Å²) in [6.07, 6.45) is 7.33. The molecule has 1 aromatic carbocycles. The van der Waals surface area contributed by atoms with E-state index in [-0.39, 0.29) is 0 Å². The molecule has 2 fully saturated rings. The second kappa shape index (κ2) is 5.30. The number of ketones is 1. The number of hydrogen-bond acceptors (Lipinski definition) is 3. The third-order valence-corrected chi connectivity index (χ3v) is 7.22. The van der Waals surface area contributed by atoms with Gasteiger partial charge >= 0.3 is 0 Å². The number of carbonyl (C=O) groups excluding carboxylic acids is 1. The monoisotopic (exact) mass is 316 g/mol. The van der Waals surface area contributed by atoms with E-state index >= 15 is 0 Å². The van der Waals surface area contributed by atoms with Crippen LogP contribution in [0.25, 0.3) is 0 Å². The normalized spacial score (nSPS) is 36.6. The first kappa shape index (κ1) is 14.6. The van der Waals surface area contributed by atoms with Gasteiger partial charge in [0.05, 0.1) is 0 Å². The lowest BCUT2D eigenvalue weighted by Crippen LogP contribution is -2.40. The number of Topliss-reactive ketones (excluding diaryl/α,β-unsaturated/α-hetero) is 1. The minimum absolute atomic E-state index is 0.333. The molecule has 4 unspecified atom stereocenters. The van der Waals surface area contributed by atoms with Crippen LogP contribution in [-0.2, 0) is 11.2 Å². The van der Waals surface area contributed by atoms with Crippen molar-refractivity contribution in [1.82, 2.24) is 0 Å². The highest BCUT2D eigenvalue weighted by Crippen LogP contribution is 2.56. The van der Waals surface area contributed by atoms with Crippen LogP contribution >= 0.6 is 11.8 Å². The molecule has 0 heterocycles. The summed E-state index contributed by atoms with van der Waals surface area (Å²) in [5.74, 6) is 3.69. The average Bonchev–Trinajstić information content (AvgIpc) is 2.89. The number of aryl methyl sites for hydroxylation is 1. The van der Waals surface area contributed by atoms with Crippen LogP contribution in [0.1, 0.15) is 49.7 Å². The van der Waals surface area contributed by atoms with Gasteiger partial charge in [-0.05, 0) is 78.9 Å². The minimum Gasteiger partial charge on any atom is -0.507 e. The fourth-order valence-corrected chi connectivity index (χ4v) is 6.09. The summed E-state index contributed by atoms with van der Waals surface area (Å²) in [7, 11) is 0. The molecule has 2 nitrogen and oxygen atoms in total. The Hall–Kier alpha value is -0.960. The molecule has 2 saturated carbocycles. The van der Waals surface area contributed by atoms with Crippen LogP contribution in [0, 0.1) is 23.7 Å². The fourth-order valence-electron chi connectivity index (χ4n) is 5.58. The zero-order chi connectivity index (χ0) is 15.4. The largest absolute Gasteiger partial charge is 0.507 e. The van der Waals surface area contributed by atoms with Crippen LogP contribution in [0.4, 0.5) is 0 Å². The van der Waals surface area contributed by atoms with Crippen molar-refractivity contribution in [3.05, 3.63) is 23.3 Å². The molecule has 0 aliphatic heterocycles. The molecular weight excluding hydrogens is 292 g/mol. The summed E-state index contributed by atoms with van der Waals surface area (Å²) in [6.45, 7) is 2.28. The highest BCUT2D eigenvalue weighted by atomic mass is 32.2. The van der Waals surface area contributed by atoms with Crippen LogP contribution < -0.4 is 0 Å². The van der Waals surface area contributed by atoms with Gasteiger partial charge in [0.2, 0.25) is 0 Å². The van der Waals surface area contributed by atoms with Crippen molar-refractivity contribution in [2.75, 3.05) is 6.26 Å². The summed E-state index contributed by atoms with van der Waals surface area (Å²) >= 11 is 1.62. The third kappa shape index (κ3) is 2.05. The molecule has 0 saturated heterocycles. The van der Waals surface area contributed by atoms with Crippen molar-refractivity contribution in [3.63, 3.8) is 0 Å². The van der Waals surface area contributed by atoms with Crippen molar-refractivity contribution in [2.45, 2.75) is 49.8 Å². The predicted octanol–water partition coefficient (Wildman–Crippen LogP) is 4.40. The standard InChI is InChI=1S/C19H24O2S/c1-10-7-15-12(13-5-6-16(20)19(10)13)4-3-11-8-17(21)18(22-2)9-14(11)15/h8-10,12-13,15,19,21H,3-7H2,1-2H3/t10-,12?,13?,15?,19?/m1/s1. The zero-order valence-corrected chi connectivity index (χ0v) is 14.2. The molecule has 3 aliphatic carbocycles. The Bertz CT molecular complexity index is 624. The molecule has 4 rings (SSSR count). The topological polar surface area (TPSA) is 37.3 Å². The molecule has 5 atom stereocenters. The van der Waals surface area contributed by atoms with Crippen LogP contribution in [0.2, 0.25) is 0 Å². The van der Waals surface area contributed by atoms with Gasteiger partial charge in [-0.25, -0.2) is 0 Å². The van der Waals surface area contributed by atoms with E-state index in [0.29, 0.717) is 41.1 Å². The van der Waals surface area contributed by atoms with E-state index in [2.05, 4.69) is 13.0 Å². The van der Waals surface area contributed by atoms with E-state index in [4.69, 9.17) is 0 Å². The first-order valence-corrected chi connectivity index (χ1v) is 9.75. The Kier molecular flexibility index (Phi) is 3.52. The third-order valence-electron chi connectivity index (χ3n) is 6.45. The molecule has 3 aliphatic rings. The first-order chi connectivity index (χ1) is 10.6. The first-order valence-electron chi connectivity index (χ1n) is 8.52. The number of aromatic hydroxyl groups is 1. The van der Waals surface area contributed by atoms with Crippen LogP contribution in [0.15, 0.2) is 17.0 Å². The van der Waals surface area contributed by atoms with E-state index in [9.17, 15) is 9.90 Å². The molecule has 1 aromatic rings. The Morgan fingerprint density at radius 2 is 1.95 bits per heavy atom. The van der Waals surface area contributed by atoms with Gasteiger partial charge in [0.15, 0.2) is 0 Å². The average molecular weight is 316 g/mol. The molecule has 0 spiro atoms. The Morgan fingerprint density at radius 3 is 2.73 bits per heavy atom. The number of phenols is 1. The summed E-state index contributed by atoms with van der Waals surface area (Å²) < 4.78 is 0. The number of hydrogen-bond donors (Lipinski definition) is 1. The lowest BCUT2D eigenvalue weighted by atomic mass is 9.58. The number of phenolic OH excluding ortho intramolecular Hbond substituents is 1. The molecule has 1 N–H and O–H groups in total. The van der Waals surface area contributed by atoms with E-state index in [1.54, 1.807) is 11.8 Å². The quantitative estimate of drug-likeness (QED) is 0.781. The summed E-state index contributed by atoms with van der Waals surface area (Å²) in [5, 5.41) is 10.1. The van der Waals surface area contributed by atoms with Gasteiger partial charge < -0.3 is 5.11 Å². The molecule has 0 radical (unpaired) electrons. The van der Waals surface area contributed by atoms with Crippen molar-refractivity contribution in [1.29, 1.82) is 0 Å².